The molecule has 1 rings (SSSR count). The van der Waals surface area contributed by atoms with Gasteiger partial charge < -0.3 is 25.3 Å². The molecule has 0 bridgehead atoms. The Bertz CT molecular complexity index is 384. The molecule has 1 amide bonds. The molecule has 0 aliphatic heterocycles. The average Bonchev–Trinajstić information content (AvgIpc) is 3.25. The summed E-state index contributed by atoms with van der Waals surface area (Å²) in [6.45, 7) is 5.60. The van der Waals surface area contributed by atoms with Crippen LogP contribution < -0.4 is 11.1 Å². The van der Waals surface area contributed by atoms with Gasteiger partial charge in [0, 0.05) is 19.5 Å². The van der Waals surface area contributed by atoms with Crippen molar-refractivity contribution in [3.05, 3.63) is 0 Å². The molecule has 6 heteroatoms. The number of nitrogens with two attached hydrogens (primary N) is 1. The third-order valence-corrected chi connectivity index (χ3v) is 4.31. The lowest BCUT2D eigenvalue weighted by molar-refractivity contribution is 0.0511. The van der Waals surface area contributed by atoms with E-state index in [9.17, 15) is 4.79 Å². The van der Waals surface area contributed by atoms with E-state index in [1.807, 2.05) is 0 Å². The zero-order chi connectivity index (χ0) is 17.6. The number of terminal acetylenes is 1. The minimum absolute atomic E-state index is 0.379. The second kappa shape index (κ2) is 13.1. The van der Waals surface area contributed by atoms with E-state index in [0.717, 1.165) is 19.3 Å². The first-order valence-corrected chi connectivity index (χ1v) is 8.94. The highest BCUT2D eigenvalue weighted by Crippen LogP contribution is 2.51. The van der Waals surface area contributed by atoms with Gasteiger partial charge in [-0.05, 0) is 24.2 Å². The molecule has 24 heavy (non-hydrogen) atoms. The molecule has 3 atom stereocenters. The molecule has 0 aromatic carbocycles. The van der Waals surface area contributed by atoms with Crippen LogP contribution in [-0.4, -0.2) is 52.2 Å². The predicted octanol–water partition coefficient (Wildman–Crippen LogP) is 1.78. The molecule has 0 aromatic rings. The summed E-state index contributed by atoms with van der Waals surface area (Å²) >= 11 is 0. The Morgan fingerprint density at radius 3 is 2.50 bits per heavy atom. The molecule has 3 N–H and O–H groups in total. The van der Waals surface area contributed by atoms with E-state index in [1.165, 1.54) is 6.42 Å². The summed E-state index contributed by atoms with van der Waals surface area (Å²) < 4.78 is 15.8. The van der Waals surface area contributed by atoms with Crippen molar-refractivity contribution in [2.24, 2.45) is 23.5 Å². The molecule has 1 fully saturated rings. The molecule has 0 aromatic heterocycles. The van der Waals surface area contributed by atoms with Crippen molar-refractivity contribution < 1.29 is 19.0 Å². The Morgan fingerprint density at radius 2 is 1.83 bits per heavy atom. The van der Waals surface area contributed by atoms with Crippen molar-refractivity contribution in [1.82, 2.24) is 5.32 Å². The van der Waals surface area contributed by atoms with Crippen LogP contribution in [0.5, 0.6) is 0 Å². The highest BCUT2D eigenvalue weighted by atomic mass is 16.6. The number of carbonyl (C=O) groups is 1. The number of nitrogens with one attached hydrogen (secondary N) is 1. The maximum absolute atomic E-state index is 11.7. The lowest BCUT2D eigenvalue weighted by Crippen LogP contribution is -2.29. The molecule has 1 aliphatic carbocycles. The van der Waals surface area contributed by atoms with Gasteiger partial charge in [-0.15, -0.1) is 12.3 Å². The Labute approximate surface area is 145 Å². The molecule has 0 saturated heterocycles. The van der Waals surface area contributed by atoms with Crippen LogP contribution in [-0.2, 0) is 14.2 Å². The average molecular weight is 340 g/mol. The van der Waals surface area contributed by atoms with Crippen molar-refractivity contribution in [1.29, 1.82) is 0 Å². The summed E-state index contributed by atoms with van der Waals surface area (Å²) in [5, 5.41) is 2.69. The maximum atomic E-state index is 11.7. The van der Waals surface area contributed by atoms with Crippen molar-refractivity contribution in [3.8, 4) is 12.3 Å². The largest absolute Gasteiger partial charge is 0.449 e. The van der Waals surface area contributed by atoms with E-state index in [-0.39, 0.29) is 6.09 Å². The van der Waals surface area contributed by atoms with Crippen molar-refractivity contribution in [3.63, 3.8) is 0 Å². The van der Waals surface area contributed by atoms with Gasteiger partial charge in [-0.1, -0.05) is 19.8 Å². The third-order valence-electron chi connectivity index (χ3n) is 4.31. The predicted molar refractivity (Wildman–Crippen MR) is 93.5 cm³/mol. The van der Waals surface area contributed by atoms with Crippen molar-refractivity contribution in [2.75, 3.05) is 46.1 Å². The van der Waals surface area contributed by atoms with Gasteiger partial charge in [-0.2, -0.15) is 0 Å². The standard InChI is InChI=1S/C18H32N2O4/c1-3-5-7-16-15(6-4-2)17(16)14-24-18(21)20-9-11-23-13-12-22-10-8-19/h1,15-17H,4-14,19H2,2H3,(H,20,21)/t15-,16+,17?/m0/s1. The second-order valence-corrected chi connectivity index (χ2v) is 6.06. The van der Waals surface area contributed by atoms with E-state index in [0.29, 0.717) is 63.9 Å². The topological polar surface area (TPSA) is 82.8 Å². The second-order valence-electron chi connectivity index (χ2n) is 6.06. The third kappa shape index (κ3) is 8.53. The first kappa shape index (κ1) is 20.8. The van der Waals surface area contributed by atoms with Gasteiger partial charge in [0.15, 0.2) is 0 Å². The van der Waals surface area contributed by atoms with Crippen LogP contribution in [0.4, 0.5) is 4.79 Å². The maximum Gasteiger partial charge on any atom is 0.407 e. The minimum atomic E-state index is -0.379. The summed E-state index contributed by atoms with van der Waals surface area (Å²) in [6.07, 6.45) is 9.14. The smallest absolute Gasteiger partial charge is 0.407 e. The number of rotatable bonds is 14. The fourth-order valence-corrected chi connectivity index (χ4v) is 3.06. The van der Waals surface area contributed by atoms with Gasteiger partial charge in [0.2, 0.25) is 0 Å². The molecule has 0 heterocycles. The van der Waals surface area contributed by atoms with Crippen LogP contribution in [0.2, 0.25) is 0 Å². The monoisotopic (exact) mass is 340 g/mol. The number of hydrogen-bond donors (Lipinski definition) is 2. The molecule has 1 saturated carbocycles. The zero-order valence-electron chi connectivity index (χ0n) is 14.8. The molecule has 138 valence electrons. The molecule has 6 nitrogen and oxygen atoms in total. The highest BCUT2D eigenvalue weighted by Gasteiger charge is 2.48. The molecule has 0 spiro atoms. The van der Waals surface area contributed by atoms with Crippen LogP contribution in [0.3, 0.4) is 0 Å². The molecular formula is C18H32N2O4. The molecule has 1 unspecified atom stereocenters. The number of hydrogen-bond acceptors (Lipinski definition) is 5. The number of ether oxygens (including phenoxy) is 3. The summed E-state index contributed by atoms with van der Waals surface area (Å²) in [6, 6.07) is 0. The molecule has 1 aliphatic rings. The SMILES string of the molecule is C#CCC[C@H]1C(COC(=O)NCCOCCOCCN)[C@H]1CCC. The van der Waals surface area contributed by atoms with E-state index < -0.39 is 0 Å². The van der Waals surface area contributed by atoms with Crippen LogP contribution in [0.15, 0.2) is 0 Å². The first-order valence-electron chi connectivity index (χ1n) is 8.94. The van der Waals surface area contributed by atoms with Gasteiger partial charge in [0.05, 0.1) is 33.0 Å². The minimum Gasteiger partial charge on any atom is -0.449 e. The number of carbonyl (C=O) groups excluding carboxylic acids is 1. The number of amides is 1. The quantitative estimate of drug-likeness (QED) is 0.372. The summed E-state index contributed by atoms with van der Waals surface area (Å²) in [7, 11) is 0. The van der Waals surface area contributed by atoms with E-state index in [1.54, 1.807) is 0 Å². The molecular weight excluding hydrogens is 308 g/mol. The Kier molecular flexibility index (Phi) is 11.3. The zero-order valence-corrected chi connectivity index (χ0v) is 14.8. The lowest BCUT2D eigenvalue weighted by Gasteiger charge is -2.08. The Morgan fingerprint density at radius 1 is 1.12 bits per heavy atom. The van der Waals surface area contributed by atoms with Gasteiger partial charge in [-0.25, -0.2) is 4.79 Å². The van der Waals surface area contributed by atoms with Crippen LogP contribution in [0.1, 0.15) is 32.6 Å². The Balaban J connectivity index is 2.02. The Hall–Kier alpha value is -1.29. The van der Waals surface area contributed by atoms with E-state index in [4.69, 9.17) is 26.4 Å². The fraction of sp³-hybridized carbons (Fsp3) is 0.833. The van der Waals surface area contributed by atoms with Gasteiger partial charge in [0.25, 0.3) is 0 Å². The summed E-state index contributed by atoms with van der Waals surface area (Å²) in [5.41, 5.74) is 5.30. The van der Waals surface area contributed by atoms with Crippen molar-refractivity contribution in [2.45, 2.75) is 32.6 Å². The lowest BCUT2D eigenvalue weighted by atomic mass is 10.1. The first-order chi connectivity index (χ1) is 11.7. The van der Waals surface area contributed by atoms with Crippen LogP contribution >= 0.6 is 0 Å². The molecule has 0 radical (unpaired) electrons. The van der Waals surface area contributed by atoms with E-state index in [2.05, 4.69) is 18.2 Å². The highest BCUT2D eigenvalue weighted by molar-refractivity contribution is 5.67. The van der Waals surface area contributed by atoms with Gasteiger partial charge in [0.1, 0.15) is 0 Å². The van der Waals surface area contributed by atoms with Crippen molar-refractivity contribution >= 4 is 6.09 Å². The van der Waals surface area contributed by atoms with Gasteiger partial charge >= 0.3 is 6.09 Å². The summed E-state index contributed by atoms with van der Waals surface area (Å²) in [4.78, 5) is 11.7. The fourth-order valence-electron chi connectivity index (χ4n) is 3.06. The van der Waals surface area contributed by atoms with E-state index >= 15 is 0 Å². The number of alkyl carbamates (subject to hydrolysis) is 1. The summed E-state index contributed by atoms with van der Waals surface area (Å²) in [5.74, 6) is 4.44. The van der Waals surface area contributed by atoms with Crippen LogP contribution in [0, 0.1) is 30.1 Å². The van der Waals surface area contributed by atoms with Crippen LogP contribution in [0.25, 0.3) is 0 Å². The van der Waals surface area contributed by atoms with Gasteiger partial charge in [-0.3, -0.25) is 0 Å². The normalized spacial score (nSPS) is 22.0.